The first-order valence-electron chi connectivity index (χ1n) is 11.3. The van der Waals surface area contributed by atoms with Crippen LogP contribution in [0.2, 0.25) is 0 Å². The normalized spacial score (nSPS) is 12.3. The molecule has 2 nitrogen and oxygen atoms in total. The molecule has 2 aromatic rings. The molecule has 0 spiro atoms. The Morgan fingerprint density at radius 1 is 0.903 bits per heavy atom. The lowest BCUT2D eigenvalue weighted by Gasteiger charge is -2.13. The van der Waals surface area contributed by atoms with Crippen molar-refractivity contribution in [1.29, 1.82) is 0 Å². The number of halogens is 3. The quantitative estimate of drug-likeness (QED) is 0.302. The number of rotatable bonds is 11. The standard InChI is InChI=1S/C26H33F3N2/c1-2-3-4-5-6-7-8-9-10-11-12-24-18-13-21(20-31-24)19-25(30)22-14-16-23(17-15-22)26(27,28)29/h13-18,20,25H,2-10,19,30H2,1H3. The maximum Gasteiger partial charge on any atom is 0.416 e. The van der Waals surface area contributed by atoms with E-state index in [1.165, 1.54) is 57.1 Å². The van der Waals surface area contributed by atoms with Crippen LogP contribution in [0, 0.1) is 11.8 Å². The van der Waals surface area contributed by atoms with Crippen LogP contribution in [-0.4, -0.2) is 4.98 Å². The van der Waals surface area contributed by atoms with Gasteiger partial charge in [-0.3, -0.25) is 0 Å². The van der Waals surface area contributed by atoms with Crippen molar-refractivity contribution < 1.29 is 13.2 Å². The van der Waals surface area contributed by atoms with Gasteiger partial charge in [0.05, 0.1) is 5.56 Å². The zero-order valence-electron chi connectivity index (χ0n) is 18.3. The zero-order valence-corrected chi connectivity index (χ0v) is 18.3. The predicted octanol–water partition coefficient (Wildman–Crippen LogP) is 7.23. The Bertz CT molecular complexity index is 815. The van der Waals surface area contributed by atoms with E-state index in [0.717, 1.165) is 36.2 Å². The summed E-state index contributed by atoms with van der Waals surface area (Å²) < 4.78 is 38.0. The number of nitrogens with zero attached hydrogens (tertiary/aromatic N) is 1. The molecule has 0 radical (unpaired) electrons. The van der Waals surface area contributed by atoms with E-state index in [1.54, 1.807) is 6.20 Å². The lowest BCUT2D eigenvalue weighted by molar-refractivity contribution is -0.137. The van der Waals surface area contributed by atoms with Crippen molar-refractivity contribution in [3.8, 4) is 11.8 Å². The summed E-state index contributed by atoms with van der Waals surface area (Å²) >= 11 is 0. The number of hydrogen-bond acceptors (Lipinski definition) is 2. The minimum absolute atomic E-state index is 0.386. The summed E-state index contributed by atoms with van der Waals surface area (Å²) in [5.41, 5.74) is 7.82. The molecule has 168 valence electrons. The Morgan fingerprint density at radius 3 is 2.13 bits per heavy atom. The highest BCUT2D eigenvalue weighted by Crippen LogP contribution is 2.30. The minimum atomic E-state index is -4.34. The van der Waals surface area contributed by atoms with Crippen molar-refractivity contribution in [2.24, 2.45) is 5.73 Å². The third-order valence-corrected chi connectivity index (χ3v) is 5.32. The van der Waals surface area contributed by atoms with Crippen molar-refractivity contribution in [2.45, 2.75) is 83.4 Å². The van der Waals surface area contributed by atoms with Gasteiger partial charge in [-0.05, 0) is 48.1 Å². The van der Waals surface area contributed by atoms with Gasteiger partial charge in [0, 0.05) is 18.7 Å². The van der Waals surface area contributed by atoms with Crippen LogP contribution in [0.5, 0.6) is 0 Å². The fourth-order valence-electron chi connectivity index (χ4n) is 3.41. The molecular weight excluding hydrogens is 397 g/mol. The predicted molar refractivity (Wildman–Crippen MR) is 120 cm³/mol. The summed E-state index contributed by atoms with van der Waals surface area (Å²) in [5, 5.41) is 0. The third kappa shape index (κ3) is 9.57. The molecular formula is C26H33F3N2. The van der Waals surface area contributed by atoms with Crippen molar-refractivity contribution >= 4 is 0 Å². The van der Waals surface area contributed by atoms with E-state index in [0.29, 0.717) is 12.0 Å². The van der Waals surface area contributed by atoms with Crippen LogP contribution in [0.15, 0.2) is 42.6 Å². The van der Waals surface area contributed by atoms with Gasteiger partial charge in [0.2, 0.25) is 0 Å². The molecule has 0 fully saturated rings. The fourth-order valence-corrected chi connectivity index (χ4v) is 3.41. The van der Waals surface area contributed by atoms with Gasteiger partial charge in [-0.1, -0.05) is 76.0 Å². The van der Waals surface area contributed by atoms with Crippen LogP contribution in [-0.2, 0) is 12.6 Å². The first kappa shape index (κ1) is 24.9. The van der Waals surface area contributed by atoms with Crippen LogP contribution >= 0.6 is 0 Å². The number of benzene rings is 1. The molecule has 1 aromatic heterocycles. The van der Waals surface area contributed by atoms with E-state index in [9.17, 15) is 13.2 Å². The van der Waals surface area contributed by atoms with Crippen LogP contribution in [0.3, 0.4) is 0 Å². The van der Waals surface area contributed by atoms with Crippen LogP contribution < -0.4 is 5.73 Å². The van der Waals surface area contributed by atoms with Gasteiger partial charge >= 0.3 is 6.18 Å². The highest BCUT2D eigenvalue weighted by Gasteiger charge is 2.30. The molecule has 2 rings (SSSR count). The lowest BCUT2D eigenvalue weighted by Crippen LogP contribution is -2.14. The van der Waals surface area contributed by atoms with Crippen LogP contribution in [0.25, 0.3) is 0 Å². The van der Waals surface area contributed by atoms with Crippen molar-refractivity contribution in [3.63, 3.8) is 0 Å². The molecule has 0 saturated heterocycles. The SMILES string of the molecule is CCCCCCCCCCC#Cc1ccc(CC(N)c2ccc(C(F)(F)F)cc2)cn1. The molecule has 1 aromatic carbocycles. The van der Waals surface area contributed by atoms with Crippen LogP contribution in [0.4, 0.5) is 13.2 Å². The Morgan fingerprint density at radius 2 is 1.55 bits per heavy atom. The van der Waals surface area contributed by atoms with E-state index in [-0.39, 0.29) is 6.04 Å². The average Bonchev–Trinajstić information content (AvgIpc) is 2.75. The summed E-state index contributed by atoms with van der Waals surface area (Å²) in [4.78, 5) is 4.37. The average molecular weight is 431 g/mol. The van der Waals surface area contributed by atoms with Crippen molar-refractivity contribution in [3.05, 3.63) is 65.0 Å². The molecule has 1 unspecified atom stereocenters. The molecule has 2 N–H and O–H groups in total. The molecule has 0 aliphatic heterocycles. The Balaban J connectivity index is 1.73. The first-order valence-corrected chi connectivity index (χ1v) is 11.3. The number of hydrogen-bond donors (Lipinski definition) is 1. The monoisotopic (exact) mass is 430 g/mol. The second-order valence-corrected chi connectivity index (χ2v) is 8.01. The minimum Gasteiger partial charge on any atom is -0.324 e. The van der Waals surface area contributed by atoms with Gasteiger partial charge in [-0.25, -0.2) is 4.98 Å². The molecule has 31 heavy (non-hydrogen) atoms. The molecule has 0 amide bonds. The number of pyridine rings is 1. The van der Waals surface area contributed by atoms with E-state index in [1.807, 2.05) is 12.1 Å². The largest absolute Gasteiger partial charge is 0.416 e. The Labute approximate surface area is 184 Å². The zero-order chi connectivity index (χ0) is 22.5. The summed E-state index contributed by atoms with van der Waals surface area (Å²) in [6, 6.07) is 8.42. The van der Waals surface area contributed by atoms with Crippen molar-refractivity contribution in [1.82, 2.24) is 4.98 Å². The topological polar surface area (TPSA) is 38.9 Å². The smallest absolute Gasteiger partial charge is 0.324 e. The summed E-state index contributed by atoms with van der Waals surface area (Å²) in [5.74, 6) is 6.28. The van der Waals surface area contributed by atoms with E-state index in [4.69, 9.17) is 5.73 Å². The molecule has 1 heterocycles. The second kappa shape index (κ2) is 13.2. The molecule has 0 bridgehead atoms. The lowest BCUT2D eigenvalue weighted by atomic mass is 9.99. The number of alkyl halides is 3. The van der Waals surface area contributed by atoms with Crippen LogP contribution in [0.1, 0.15) is 93.1 Å². The fraction of sp³-hybridized carbons (Fsp3) is 0.500. The van der Waals surface area contributed by atoms with E-state index >= 15 is 0 Å². The van der Waals surface area contributed by atoms with Gasteiger partial charge in [0.25, 0.3) is 0 Å². The van der Waals surface area contributed by atoms with Gasteiger partial charge in [-0.15, -0.1) is 0 Å². The molecule has 5 heteroatoms. The Kier molecular flexibility index (Phi) is 10.6. The number of nitrogens with two attached hydrogens (primary N) is 1. The van der Waals surface area contributed by atoms with Crippen molar-refractivity contribution in [2.75, 3.05) is 0 Å². The van der Waals surface area contributed by atoms with Gasteiger partial charge < -0.3 is 5.73 Å². The molecule has 0 saturated carbocycles. The third-order valence-electron chi connectivity index (χ3n) is 5.32. The van der Waals surface area contributed by atoms with Gasteiger partial charge in [0.15, 0.2) is 0 Å². The van der Waals surface area contributed by atoms with E-state index < -0.39 is 11.7 Å². The maximum absolute atomic E-state index is 12.7. The molecule has 0 aliphatic rings. The Hall–Kier alpha value is -2.32. The summed E-state index contributed by atoms with van der Waals surface area (Å²) in [7, 11) is 0. The van der Waals surface area contributed by atoms with Gasteiger partial charge in [-0.2, -0.15) is 13.2 Å². The first-order chi connectivity index (χ1) is 14.9. The highest BCUT2D eigenvalue weighted by molar-refractivity contribution is 5.31. The number of unbranched alkanes of at least 4 members (excludes halogenated alkanes) is 8. The van der Waals surface area contributed by atoms with E-state index in [2.05, 4.69) is 23.7 Å². The number of aromatic nitrogens is 1. The second-order valence-electron chi connectivity index (χ2n) is 8.01. The molecule has 0 aliphatic carbocycles. The maximum atomic E-state index is 12.7. The van der Waals surface area contributed by atoms with Gasteiger partial charge in [0.1, 0.15) is 5.69 Å². The summed E-state index contributed by atoms with van der Waals surface area (Å²) in [6.45, 7) is 2.24. The summed E-state index contributed by atoms with van der Waals surface area (Å²) in [6.07, 6.45) is 9.10. The highest BCUT2D eigenvalue weighted by atomic mass is 19.4. The molecule has 1 atom stereocenters.